The lowest BCUT2D eigenvalue weighted by Crippen LogP contribution is -2.49. The van der Waals surface area contributed by atoms with Crippen LogP contribution in [0.4, 0.5) is 0 Å². The van der Waals surface area contributed by atoms with E-state index in [4.69, 9.17) is 9.72 Å². The Morgan fingerprint density at radius 3 is 2.53 bits per heavy atom. The van der Waals surface area contributed by atoms with Crippen LogP contribution in [-0.2, 0) is 43.4 Å². The van der Waals surface area contributed by atoms with E-state index >= 15 is 0 Å². The Morgan fingerprint density at radius 2 is 1.82 bits per heavy atom. The molecule has 0 radical (unpaired) electrons. The Hall–Kier alpha value is -2.78. The maximum Gasteiger partial charge on any atom is 0.326 e. The number of amides is 1. The van der Waals surface area contributed by atoms with Gasteiger partial charge in [0.1, 0.15) is 6.04 Å². The maximum absolute atomic E-state index is 13.1. The Labute approximate surface area is 224 Å². The Kier molecular flexibility index (Phi) is 7.86. The molecule has 5 rings (SSSR count). The van der Waals surface area contributed by atoms with Crippen molar-refractivity contribution in [3.8, 4) is 0 Å². The van der Waals surface area contributed by atoms with E-state index in [1.165, 1.54) is 36.2 Å². The van der Waals surface area contributed by atoms with Gasteiger partial charge in [-0.2, -0.15) is 0 Å². The smallest absolute Gasteiger partial charge is 0.326 e. The number of aromatic nitrogens is 1. The number of nitrogens with one attached hydrogen (secondary N) is 1. The lowest BCUT2D eigenvalue weighted by atomic mass is 9.79. The number of hydrogen-bond donors (Lipinski definition) is 2. The topological polar surface area (TPSA) is 123 Å². The molecule has 3 aliphatic carbocycles. The monoisotopic (exact) mass is 540 g/mol. The van der Waals surface area contributed by atoms with E-state index in [-0.39, 0.29) is 36.9 Å². The van der Waals surface area contributed by atoms with E-state index in [2.05, 4.69) is 17.4 Å². The first-order valence-corrected chi connectivity index (χ1v) is 15.2. The van der Waals surface area contributed by atoms with Crippen LogP contribution in [0.25, 0.3) is 0 Å². The summed E-state index contributed by atoms with van der Waals surface area (Å²) < 4.78 is 30.4. The van der Waals surface area contributed by atoms with Crippen molar-refractivity contribution in [2.45, 2.75) is 92.4 Å². The predicted molar refractivity (Wildman–Crippen MR) is 141 cm³/mol. The normalized spacial score (nSPS) is 22.5. The molecule has 38 heavy (non-hydrogen) atoms. The fraction of sp³-hybridized carbons (Fsp3) is 0.552. The molecule has 2 aromatic rings. The number of benzene rings is 1. The zero-order chi connectivity index (χ0) is 26.8. The van der Waals surface area contributed by atoms with Gasteiger partial charge in [0, 0.05) is 24.4 Å². The SMILES string of the molecule is O=C(O)[C@H](CCOC1CC(CCc2ccc3c(n2)CCCC3)C1)NC(=O)C1(S(=O)(=O)c2ccccc2)CC1. The van der Waals surface area contributed by atoms with Crippen LogP contribution in [0.2, 0.25) is 0 Å². The summed E-state index contributed by atoms with van der Waals surface area (Å²) in [7, 11) is -3.90. The fourth-order valence-corrected chi connectivity index (χ4v) is 7.53. The third-order valence-corrected chi connectivity index (χ3v) is 10.8. The molecule has 2 fully saturated rings. The number of aliphatic carboxylic acids is 1. The van der Waals surface area contributed by atoms with E-state index in [0.29, 0.717) is 5.92 Å². The number of rotatable bonds is 12. The molecule has 3 aliphatic rings. The molecule has 9 heteroatoms. The number of sulfone groups is 1. The van der Waals surface area contributed by atoms with Crippen LogP contribution in [0.1, 0.15) is 68.3 Å². The number of carboxylic acids is 1. The summed E-state index contributed by atoms with van der Waals surface area (Å²) in [6, 6.07) is 11.0. The van der Waals surface area contributed by atoms with Crippen LogP contribution in [0.5, 0.6) is 0 Å². The number of pyridine rings is 1. The minimum Gasteiger partial charge on any atom is -0.480 e. The third kappa shape index (κ3) is 5.64. The molecule has 1 amide bonds. The summed E-state index contributed by atoms with van der Waals surface area (Å²) in [5.41, 5.74) is 3.84. The summed E-state index contributed by atoms with van der Waals surface area (Å²) in [6.07, 6.45) is 9.17. The summed E-state index contributed by atoms with van der Waals surface area (Å²) in [4.78, 5) is 29.7. The molecule has 0 aliphatic heterocycles. The highest BCUT2D eigenvalue weighted by atomic mass is 32.2. The molecular weight excluding hydrogens is 504 g/mol. The minimum atomic E-state index is -3.90. The van der Waals surface area contributed by atoms with Crippen LogP contribution in [0, 0.1) is 5.92 Å². The number of fused-ring (bicyclic) bond motifs is 1. The lowest BCUT2D eigenvalue weighted by molar-refractivity contribution is -0.142. The van der Waals surface area contributed by atoms with Crippen molar-refractivity contribution >= 4 is 21.7 Å². The maximum atomic E-state index is 13.1. The van der Waals surface area contributed by atoms with E-state index in [1.54, 1.807) is 18.2 Å². The van der Waals surface area contributed by atoms with Gasteiger partial charge in [-0.15, -0.1) is 0 Å². The van der Waals surface area contributed by atoms with Crippen LogP contribution >= 0.6 is 0 Å². The molecule has 2 N–H and O–H groups in total. The van der Waals surface area contributed by atoms with Gasteiger partial charge in [-0.1, -0.05) is 24.3 Å². The average Bonchev–Trinajstić information content (AvgIpc) is 3.72. The van der Waals surface area contributed by atoms with Gasteiger partial charge in [-0.25, -0.2) is 13.2 Å². The number of hydrogen-bond acceptors (Lipinski definition) is 6. The van der Waals surface area contributed by atoms with Crippen molar-refractivity contribution in [3.63, 3.8) is 0 Å². The van der Waals surface area contributed by atoms with Crippen molar-refractivity contribution in [3.05, 3.63) is 59.4 Å². The lowest BCUT2D eigenvalue weighted by Gasteiger charge is -2.35. The highest BCUT2D eigenvalue weighted by Gasteiger charge is 2.61. The molecule has 0 unspecified atom stereocenters. The number of carboxylic acid groups (broad SMARTS) is 1. The Balaban J connectivity index is 1.05. The quantitative estimate of drug-likeness (QED) is 0.421. The van der Waals surface area contributed by atoms with Crippen LogP contribution < -0.4 is 5.32 Å². The molecule has 8 nitrogen and oxygen atoms in total. The van der Waals surface area contributed by atoms with Gasteiger partial charge in [0.15, 0.2) is 14.6 Å². The standard InChI is InChI=1S/C29H36N2O6S/c32-27(33)26(31-28(34)29(15-16-29)38(35,36)24-7-2-1-3-8-24)14-17-37-23-18-20(19-23)10-12-22-13-11-21-6-4-5-9-25(21)30-22/h1-3,7-8,11,13,20,23,26H,4-6,9-10,12,14-19H2,(H,31,34)(H,32,33)/t20?,23?,26-/m0/s1. The number of nitrogens with zero attached hydrogens (tertiary/aromatic N) is 1. The number of ether oxygens (including phenoxy) is 1. The highest BCUT2D eigenvalue weighted by molar-refractivity contribution is 7.94. The fourth-order valence-electron chi connectivity index (χ4n) is 5.62. The van der Waals surface area contributed by atoms with Crippen molar-refractivity contribution in [1.82, 2.24) is 10.3 Å². The molecule has 1 atom stereocenters. The van der Waals surface area contributed by atoms with Gasteiger partial charge in [0.2, 0.25) is 5.91 Å². The van der Waals surface area contributed by atoms with Gasteiger partial charge in [-0.05, 0) is 93.9 Å². The molecule has 2 saturated carbocycles. The van der Waals surface area contributed by atoms with Crippen molar-refractivity contribution in [2.75, 3.05) is 6.61 Å². The Morgan fingerprint density at radius 1 is 1.08 bits per heavy atom. The van der Waals surface area contributed by atoms with E-state index in [1.807, 2.05) is 0 Å². The van der Waals surface area contributed by atoms with Crippen molar-refractivity contribution in [2.24, 2.45) is 5.92 Å². The van der Waals surface area contributed by atoms with E-state index < -0.39 is 32.5 Å². The molecule has 1 heterocycles. The van der Waals surface area contributed by atoms with E-state index in [9.17, 15) is 23.1 Å². The van der Waals surface area contributed by atoms with Gasteiger partial charge < -0.3 is 15.2 Å². The molecule has 0 saturated heterocycles. The van der Waals surface area contributed by atoms with Crippen molar-refractivity contribution < 1.29 is 27.9 Å². The first-order valence-electron chi connectivity index (χ1n) is 13.7. The molecule has 0 spiro atoms. The molecule has 1 aromatic heterocycles. The number of carbonyl (C=O) groups excluding carboxylic acids is 1. The van der Waals surface area contributed by atoms with Gasteiger partial charge in [0.25, 0.3) is 0 Å². The second-order valence-corrected chi connectivity index (χ2v) is 13.2. The first kappa shape index (κ1) is 26.8. The first-order chi connectivity index (χ1) is 18.3. The van der Waals surface area contributed by atoms with Crippen LogP contribution in [0.15, 0.2) is 47.4 Å². The summed E-state index contributed by atoms with van der Waals surface area (Å²) in [5, 5.41) is 12.1. The van der Waals surface area contributed by atoms with Gasteiger partial charge in [0.05, 0.1) is 11.0 Å². The largest absolute Gasteiger partial charge is 0.480 e. The van der Waals surface area contributed by atoms with Crippen LogP contribution in [-0.4, -0.2) is 53.9 Å². The number of aryl methyl sites for hydroxylation is 3. The van der Waals surface area contributed by atoms with Crippen molar-refractivity contribution in [1.29, 1.82) is 0 Å². The van der Waals surface area contributed by atoms with Crippen LogP contribution in [0.3, 0.4) is 0 Å². The van der Waals surface area contributed by atoms with Gasteiger partial charge in [-0.3, -0.25) is 9.78 Å². The molecule has 1 aromatic carbocycles. The van der Waals surface area contributed by atoms with Gasteiger partial charge >= 0.3 is 5.97 Å². The molecule has 0 bridgehead atoms. The highest BCUT2D eigenvalue weighted by Crippen LogP contribution is 2.47. The molecule has 204 valence electrons. The zero-order valence-electron chi connectivity index (χ0n) is 21.6. The van der Waals surface area contributed by atoms with E-state index in [0.717, 1.165) is 44.2 Å². The Bertz CT molecular complexity index is 1270. The summed E-state index contributed by atoms with van der Waals surface area (Å²) in [5.74, 6) is -1.36. The predicted octanol–water partition coefficient (Wildman–Crippen LogP) is 3.65. The second kappa shape index (κ2) is 11.1. The zero-order valence-corrected chi connectivity index (χ0v) is 22.4. The third-order valence-electron chi connectivity index (χ3n) is 8.29. The minimum absolute atomic E-state index is 0.0739. The second-order valence-electron chi connectivity index (χ2n) is 10.9. The summed E-state index contributed by atoms with van der Waals surface area (Å²) in [6.45, 7) is 0.194. The average molecular weight is 541 g/mol. The summed E-state index contributed by atoms with van der Waals surface area (Å²) >= 11 is 0. The molecular formula is C29H36N2O6S. The number of carbonyl (C=O) groups is 2.